The van der Waals surface area contributed by atoms with Crippen molar-refractivity contribution in [3.63, 3.8) is 0 Å². The van der Waals surface area contributed by atoms with E-state index < -0.39 is 6.10 Å². The van der Waals surface area contributed by atoms with E-state index in [0.29, 0.717) is 10.8 Å². The van der Waals surface area contributed by atoms with E-state index in [0.717, 1.165) is 0 Å². The molecule has 0 bridgehead atoms. The van der Waals surface area contributed by atoms with E-state index in [4.69, 9.17) is 5.11 Å². The van der Waals surface area contributed by atoms with Gasteiger partial charge in [-0.2, -0.15) is 0 Å². The van der Waals surface area contributed by atoms with Crippen molar-refractivity contribution in [1.82, 2.24) is 4.98 Å². The minimum atomic E-state index is -0.830. The second kappa shape index (κ2) is 3.64. The molecule has 1 radical (unpaired) electrons. The van der Waals surface area contributed by atoms with Crippen LogP contribution in [0.4, 0.5) is 5.13 Å². The Balaban J connectivity index is 2.70. The molecular formula is C7H9N2O2S. The summed E-state index contributed by atoms with van der Waals surface area (Å²) in [5, 5.41) is 13.6. The third kappa shape index (κ3) is 2.28. The smallest absolute Gasteiger partial charge is 0.223 e. The first-order valence-corrected chi connectivity index (χ1v) is 4.21. The summed E-state index contributed by atoms with van der Waals surface area (Å²) in [6.07, 6.45) is -0.830. The van der Waals surface area contributed by atoms with Gasteiger partial charge < -0.3 is 10.4 Å². The van der Waals surface area contributed by atoms with Crippen LogP contribution in [0.3, 0.4) is 0 Å². The van der Waals surface area contributed by atoms with E-state index in [-0.39, 0.29) is 5.91 Å². The van der Waals surface area contributed by atoms with Crippen molar-refractivity contribution in [2.45, 2.75) is 13.0 Å². The van der Waals surface area contributed by atoms with Gasteiger partial charge in [0, 0.05) is 12.3 Å². The summed E-state index contributed by atoms with van der Waals surface area (Å²) < 4.78 is 0. The zero-order valence-electron chi connectivity index (χ0n) is 6.57. The zero-order chi connectivity index (χ0) is 9.14. The number of amides is 1. The van der Waals surface area contributed by atoms with Crippen molar-refractivity contribution in [2.24, 2.45) is 0 Å². The first kappa shape index (κ1) is 9.15. The summed E-state index contributed by atoms with van der Waals surface area (Å²) in [6, 6.07) is 0. The number of aliphatic hydroxyl groups is 1. The number of nitrogens with zero attached hydrogens (tertiary/aromatic N) is 1. The molecule has 1 amide bonds. The highest BCUT2D eigenvalue weighted by Crippen LogP contribution is 2.19. The summed E-state index contributed by atoms with van der Waals surface area (Å²) in [4.78, 5) is 14.5. The van der Waals surface area contributed by atoms with E-state index in [1.165, 1.54) is 18.3 Å². The molecule has 0 aromatic carbocycles. The number of carbonyl (C=O) groups is 1. The monoisotopic (exact) mass is 185 g/mol. The largest absolute Gasteiger partial charge is 0.387 e. The molecule has 1 unspecified atom stereocenters. The Morgan fingerprint density at radius 3 is 3.00 bits per heavy atom. The predicted molar refractivity (Wildman–Crippen MR) is 46.7 cm³/mol. The quantitative estimate of drug-likeness (QED) is 0.721. The van der Waals surface area contributed by atoms with E-state index >= 15 is 0 Å². The van der Waals surface area contributed by atoms with Crippen LogP contribution in [0.2, 0.25) is 0 Å². The third-order valence-electron chi connectivity index (χ3n) is 1.15. The molecule has 1 rings (SSSR count). The second-order valence-corrected chi connectivity index (χ2v) is 3.13. The van der Waals surface area contributed by atoms with Crippen LogP contribution in [-0.2, 0) is 4.79 Å². The lowest BCUT2D eigenvalue weighted by atomic mass is 10.3. The molecule has 0 aliphatic carbocycles. The van der Waals surface area contributed by atoms with Crippen LogP contribution in [0.1, 0.15) is 18.7 Å². The molecule has 0 aliphatic rings. The lowest BCUT2D eigenvalue weighted by molar-refractivity contribution is -0.114. The standard InChI is InChI=1S/C7H9N2O2S/c1-4(10)6-3-12-7(9-6)8-5(2)11/h3-4,10H,1H2,2H3,(H,8,9,11). The van der Waals surface area contributed by atoms with Crippen LogP contribution in [-0.4, -0.2) is 16.0 Å². The molecule has 1 atom stereocenters. The maximum Gasteiger partial charge on any atom is 0.223 e. The summed E-state index contributed by atoms with van der Waals surface area (Å²) >= 11 is 1.26. The van der Waals surface area contributed by atoms with Crippen LogP contribution < -0.4 is 5.32 Å². The maximum atomic E-state index is 10.6. The fourth-order valence-electron chi connectivity index (χ4n) is 0.647. The number of aromatic nitrogens is 1. The molecule has 0 aliphatic heterocycles. The number of aliphatic hydroxyl groups excluding tert-OH is 1. The highest BCUT2D eigenvalue weighted by molar-refractivity contribution is 7.13. The van der Waals surface area contributed by atoms with Gasteiger partial charge in [-0.1, -0.05) is 0 Å². The number of carbonyl (C=O) groups excluding carboxylic acids is 1. The molecule has 1 aromatic heterocycles. The molecule has 0 fully saturated rings. The van der Waals surface area contributed by atoms with Gasteiger partial charge in [0.2, 0.25) is 5.91 Å². The lowest BCUT2D eigenvalue weighted by Gasteiger charge is -1.96. The van der Waals surface area contributed by atoms with Gasteiger partial charge in [-0.15, -0.1) is 11.3 Å². The van der Waals surface area contributed by atoms with Gasteiger partial charge in [-0.3, -0.25) is 4.79 Å². The molecule has 1 heterocycles. The van der Waals surface area contributed by atoms with Crippen LogP contribution in [0.5, 0.6) is 0 Å². The minimum absolute atomic E-state index is 0.172. The maximum absolute atomic E-state index is 10.6. The van der Waals surface area contributed by atoms with E-state index in [2.05, 4.69) is 17.2 Å². The first-order chi connectivity index (χ1) is 5.59. The zero-order valence-corrected chi connectivity index (χ0v) is 7.39. The predicted octanol–water partition coefficient (Wildman–Crippen LogP) is 0.969. The summed E-state index contributed by atoms with van der Waals surface area (Å²) in [7, 11) is 0. The van der Waals surface area contributed by atoms with E-state index in [1.807, 2.05) is 0 Å². The summed E-state index contributed by atoms with van der Waals surface area (Å²) in [6.45, 7) is 4.79. The number of hydrogen-bond donors (Lipinski definition) is 2. The molecule has 0 saturated carbocycles. The van der Waals surface area contributed by atoms with Gasteiger partial charge in [0.15, 0.2) is 5.13 Å². The normalized spacial score (nSPS) is 12.6. The van der Waals surface area contributed by atoms with Crippen LogP contribution in [0, 0.1) is 6.92 Å². The third-order valence-corrected chi connectivity index (χ3v) is 1.92. The molecule has 65 valence electrons. The van der Waals surface area contributed by atoms with Gasteiger partial charge in [0.25, 0.3) is 0 Å². The number of rotatable bonds is 2. The Labute approximate surface area is 74.3 Å². The molecule has 0 spiro atoms. The van der Waals surface area contributed by atoms with Crippen LogP contribution >= 0.6 is 11.3 Å². The minimum Gasteiger partial charge on any atom is -0.387 e. The van der Waals surface area contributed by atoms with Crippen LogP contribution in [0.15, 0.2) is 5.38 Å². The Kier molecular flexibility index (Phi) is 2.78. The van der Waals surface area contributed by atoms with Crippen molar-refractivity contribution in [2.75, 3.05) is 5.32 Å². The second-order valence-electron chi connectivity index (χ2n) is 2.27. The fourth-order valence-corrected chi connectivity index (χ4v) is 1.45. The number of anilines is 1. The average Bonchev–Trinajstić information content (AvgIpc) is 2.34. The van der Waals surface area contributed by atoms with Crippen molar-refractivity contribution in [1.29, 1.82) is 0 Å². The van der Waals surface area contributed by atoms with Crippen LogP contribution in [0.25, 0.3) is 0 Å². The van der Waals surface area contributed by atoms with Crippen molar-refractivity contribution in [3.05, 3.63) is 18.0 Å². The van der Waals surface area contributed by atoms with Gasteiger partial charge >= 0.3 is 0 Å². The molecular weight excluding hydrogens is 176 g/mol. The molecule has 4 nitrogen and oxygen atoms in total. The molecule has 0 saturated heterocycles. The lowest BCUT2D eigenvalue weighted by Crippen LogP contribution is -2.05. The number of hydrogen-bond acceptors (Lipinski definition) is 4. The van der Waals surface area contributed by atoms with Crippen molar-refractivity contribution < 1.29 is 9.90 Å². The van der Waals surface area contributed by atoms with Gasteiger partial charge in [0.1, 0.15) is 0 Å². The van der Waals surface area contributed by atoms with E-state index in [9.17, 15) is 4.79 Å². The summed E-state index contributed by atoms with van der Waals surface area (Å²) in [5.74, 6) is -0.172. The number of nitrogens with one attached hydrogen (secondary N) is 1. The highest BCUT2D eigenvalue weighted by atomic mass is 32.1. The Bertz CT molecular complexity index is 283. The SMILES string of the molecule is [CH2]C(O)c1csc(NC(C)=O)n1. The molecule has 12 heavy (non-hydrogen) atoms. The average molecular weight is 185 g/mol. The van der Waals surface area contributed by atoms with Gasteiger partial charge in [-0.05, 0) is 6.92 Å². The Morgan fingerprint density at radius 2 is 2.58 bits per heavy atom. The van der Waals surface area contributed by atoms with Crippen molar-refractivity contribution >= 4 is 22.4 Å². The summed E-state index contributed by atoms with van der Waals surface area (Å²) in [5.41, 5.74) is 0.476. The molecule has 5 heteroatoms. The Hall–Kier alpha value is -0.940. The first-order valence-electron chi connectivity index (χ1n) is 3.33. The molecule has 1 aromatic rings. The Morgan fingerprint density at radius 1 is 1.92 bits per heavy atom. The topological polar surface area (TPSA) is 62.2 Å². The highest BCUT2D eigenvalue weighted by Gasteiger charge is 2.06. The fraction of sp³-hybridized carbons (Fsp3) is 0.286. The number of thiazole rings is 1. The van der Waals surface area contributed by atoms with Gasteiger partial charge in [0.05, 0.1) is 11.8 Å². The van der Waals surface area contributed by atoms with Gasteiger partial charge in [-0.25, -0.2) is 4.98 Å². The van der Waals surface area contributed by atoms with E-state index in [1.54, 1.807) is 5.38 Å². The molecule has 2 N–H and O–H groups in total. The van der Waals surface area contributed by atoms with Crippen molar-refractivity contribution in [3.8, 4) is 0 Å².